The summed E-state index contributed by atoms with van der Waals surface area (Å²) in [6, 6.07) is 4.19. The Balaban J connectivity index is 1.28. The number of halogens is 1. The quantitative estimate of drug-likeness (QED) is 0.511. The van der Waals surface area contributed by atoms with E-state index in [4.69, 9.17) is 0 Å². The van der Waals surface area contributed by atoms with Crippen LogP contribution in [0.15, 0.2) is 36.8 Å². The number of fused-ring (bicyclic) bond motifs is 1. The summed E-state index contributed by atoms with van der Waals surface area (Å²) < 4.78 is 14.3. The Labute approximate surface area is 191 Å². The highest BCUT2D eigenvalue weighted by molar-refractivity contribution is 6.06. The van der Waals surface area contributed by atoms with E-state index in [2.05, 4.69) is 30.9 Å². The molecule has 0 bridgehead atoms. The number of nitrogens with zero attached hydrogens (tertiary/aromatic N) is 6. The molecule has 1 fully saturated rings. The van der Waals surface area contributed by atoms with Crippen molar-refractivity contribution in [2.24, 2.45) is 0 Å². The van der Waals surface area contributed by atoms with Crippen molar-refractivity contribution >= 4 is 29.3 Å². The molecular weight excluding hydrogens is 447 g/mol. The van der Waals surface area contributed by atoms with Crippen LogP contribution in [-0.2, 0) is 27.5 Å². The number of nitrogens with one attached hydrogen (secondary N) is 2. The molecule has 3 aromatic rings. The van der Waals surface area contributed by atoms with Crippen LogP contribution in [-0.4, -0.2) is 59.5 Å². The van der Waals surface area contributed by atoms with Gasteiger partial charge in [-0.1, -0.05) is 11.3 Å². The lowest BCUT2D eigenvalue weighted by atomic mass is 10.0. The summed E-state index contributed by atoms with van der Waals surface area (Å²) in [7, 11) is 0. The van der Waals surface area contributed by atoms with Gasteiger partial charge in [-0.15, -0.1) is 5.10 Å². The van der Waals surface area contributed by atoms with Crippen molar-refractivity contribution in [3.63, 3.8) is 0 Å². The summed E-state index contributed by atoms with van der Waals surface area (Å²) >= 11 is 0. The largest absolute Gasteiger partial charge is 0.324 e. The maximum Gasteiger partial charge on any atom is 0.255 e. The third kappa shape index (κ3) is 3.98. The van der Waals surface area contributed by atoms with Gasteiger partial charge in [-0.25, -0.2) is 19.0 Å². The Bertz CT molecular complexity index is 1320. The Kier molecular flexibility index (Phi) is 5.28. The van der Waals surface area contributed by atoms with Gasteiger partial charge in [0.25, 0.3) is 5.91 Å². The number of benzene rings is 1. The fourth-order valence-corrected chi connectivity index (χ4v) is 3.96. The first-order valence-electron chi connectivity index (χ1n) is 10.3. The van der Waals surface area contributed by atoms with Crippen molar-refractivity contribution < 1.29 is 23.6 Å². The predicted octanol–water partition coefficient (Wildman–Crippen LogP) is 0.274. The molecule has 34 heavy (non-hydrogen) atoms. The van der Waals surface area contributed by atoms with Crippen molar-refractivity contribution in [3.8, 4) is 11.5 Å². The zero-order valence-corrected chi connectivity index (χ0v) is 17.6. The standard InChI is InChI=1S/C21H17FN8O4/c22-11-6-23-19(24-7-11)15-9-29(28-27-15)10-18(32)25-14-3-1-2-12-13(14)8-30(21(12)34)16-4-5-17(31)26-20(16)33/h1-3,6-7,9,16H,4-5,8,10H2,(H,25,32)(H,26,31,33). The first-order chi connectivity index (χ1) is 16.4. The van der Waals surface area contributed by atoms with Gasteiger partial charge in [-0.2, -0.15) is 0 Å². The highest BCUT2D eigenvalue weighted by atomic mass is 19.1. The summed E-state index contributed by atoms with van der Waals surface area (Å²) in [5, 5.41) is 12.8. The van der Waals surface area contributed by atoms with E-state index >= 15 is 0 Å². The molecule has 0 spiro atoms. The molecule has 13 heteroatoms. The summed E-state index contributed by atoms with van der Waals surface area (Å²) in [4.78, 5) is 58.3. The molecule has 1 unspecified atom stereocenters. The van der Waals surface area contributed by atoms with Crippen molar-refractivity contribution in [1.29, 1.82) is 0 Å². The lowest BCUT2D eigenvalue weighted by Crippen LogP contribution is -2.52. The molecule has 1 saturated heterocycles. The maximum atomic E-state index is 13.0. The molecular formula is C21H17FN8O4. The highest BCUT2D eigenvalue weighted by Crippen LogP contribution is 2.32. The number of hydrogen-bond acceptors (Lipinski definition) is 8. The molecule has 0 aliphatic carbocycles. The predicted molar refractivity (Wildman–Crippen MR) is 112 cm³/mol. The van der Waals surface area contributed by atoms with Crippen molar-refractivity contribution in [1.82, 2.24) is 35.2 Å². The molecule has 4 heterocycles. The number of carbonyl (C=O) groups excluding carboxylic acids is 4. The minimum atomic E-state index is -0.747. The van der Waals surface area contributed by atoms with Gasteiger partial charge >= 0.3 is 0 Å². The molecule has 2 aliphatic rings. The summed E-state index contributed by atoms with van der Waals surface area (Å²) in [6.07, 6.45) is 3.87. The monoisotopic (exact) mass is 464 g/mol. The van der Waals surface area contributed by atoms with Gasteiger partial charge < -0.3 is 10.2 Å². The van der Waals surface area contributed by atoms with Gasteiger partial charge in [-0.05, 0) is 18.6 Å². The maximum absolute atomic E-state index is 13.0. The molecule has 2 N–H and O–H groups in total. The average Bonchev–Trinajstić information content (AvgIpc) is 3.40. The van der Waals surface area contributed by atoms with Crippen LogP contribution >= 0.6 is 0 Å². The molecule has 0 radical (unpaired) electrons. The zero-order chi connectivity index (χ0) is 23.8. The number of piperidine rings is 1. The van der Waals surface area contributed by atoms with Gasteiger partial charge in [0.1, 0.15) is 18.3 Å². The number of rotatable bonds is 5. The number of amides is 4. The normalized spacial score (nSPS) is 17.5. The van der Waals surface area contributed by atoms with Crippen LogP contribution in [0.3, 0.4) is 0 Å². The SMILES string of the molecule is O=C1CCC(N2Cc3c(NC(=O)Cn4cc(-c5ncc(F)cn5)nn4)cccc3C2=O)C(=O)N1. The molecule has 2 aliphatic heterocycles. The van der Waals surface area contributed by atoms with E-state index in [1.54, 1.807) is 18.2 Å². The Morgan fingerprint density at radius 2 is 2.00 bits per heavy atom. The fraction of sp³-hybridized carbons (Fsp3) is 0.238. The Hall–Kier alpha value is -4.55. The smallest absolute Gasteiger partial charge is 0.255 e. The van der Waals surface area contributed by atoms with E-state index in [9.17, 15) is 23.6 Å². The van der Waals surface area contributed by atoms with E-state index in [-0.39, 0.29) is 49.3 Å². The van der Waals surface area contributed by atoms with E-state index in [0.717, 1.165) is 12.4 Å². The van der Waals surface area contributed by atoms with Gasteiger partial charge in [0.2, 0.25) is 17.7 Å². The summed E-state index contributed by atoms with van der Waals surface area (Å²) in [5.74, 6) is -2.03. The van der Waals surface area contributed by atoms with Crippen LogP contribution in [0.2, 0.25) is 0 Å². The van der Waals surface area contributed by atoms with Crippen molar-refractivity contribution in [2.45, 2.75) is 32.0 Å². The average molecular weight is 464 g/mol. The number of imide groups is 1. The van der Waals surface area contributed by atoms with Gasteiger partial charge in [0.05, 0.1) is 18.6 Å². The van der Waals surface area contributed by atoms with Crippen LogP contribution in [0.1, 0.15) is 28.8 Å². The second-order valence-electron chi connectivity index (χ2n) is 7.81. The van der Waals surface area contributed by atoms with Gasteiger partial charge in [-0.3, -0.25) is 24.5 Å². The van der Waals surface area contributed by atoms with Gasteiger partial charge in [0.15, 0.2) is 11.6 Å². The van der Waals surface area contributed by atoms with E-state index < -0.39 is 23.7 Å². The van der Waals surface area contributed by atoms with Crippen LogP contribution in [0, 0.1) is 5.82 Å². The molecule has 1 atom stereocenters. The fourth-order valence-electron chi connectivity index (χ4n) is 3.96. The number of anilines is 1. The first-order valence-corrected chi connectivity index (χ1v) is 10.3. The third-order valence-corrected chi connectivity index (χ3v) is 5.55. The molecule has 1 aromatic carbocycles. The molecule has 0 saturated carbocycles. The minimum Gasteiger partial charge on any atom is -0.324 e. The van der Waals surface area contributed by atoms with E-state index in [1.807, 2.05) is 0 Å². The molecule has 5 rings (SSSR count). The molecule has 12 nitrogen and oxygen atoms in total. The second kappa shape index (κ2) is 8.42. The topological polar surface area (TPSA) is 152 Å². The van der Waals surface area contributed by atoms with Crippen LogP contribution in [0.4, 0.5) is 10.1 Å². The van der Waals surface area contributed by atoms with Crippen LogP contribution < -0.4 is 10.6 Å². The van der Waals surface area contributed by atoms with Crippen molar-refractivity contribution in [3.05, 3.63) is 53.7 Å². The van der Waals surface area contributed by atoms with Crippen LogP contribution in [0.25, 0.3) is 11.5 Å². The van der Waals surface area contributed by atoms with Gasteiger partial charge in [0, 0.05) is 29.8 Å². The number of aromatic nitrogens is 5. The zero-order valence-electron chi connectivity index (χ0n) is 17.6. The molecule has 2 aromatic heterocycles. The molecule has 4 amide bonds. The lowest BCUT2D eigenvalue weighted by Gasteiger charge is -2.29. The molecule has 172 valence electrons. The summed E-state index contributed by atoms with van der Waals surface area (Å²) in [6.45, 7) is -0.0467. The number of hydrogen-bond donors (Lipinski definition) is 2. The minimum absolute atomic E-state index is 0.131. The lowest BCUT2D eigenvalue weighted by molar-refractivity contribution is -0.137. The first kappa shape index (κ1) is 21.3. The summed E-state index contributed by atoms with van der Waals surface area (Å²) in [5.41, 5.74) is 1.69. The Morgan fingerprint density at radius 1 is 1.21 bits per heavy atom. The van der Waals surface area contributed by atoms with E-state index in [0.29, 0.717) is 16.8 Å². The number of carbonyl (C=O) groups is 4. The second-order valence-corrected chi connectivity index (χ2v) is 7.81. The Morgan fingerprint density at radius 3 is 2.76 bits per heavy atom. The third-order valence-electron chi connectivity index (χ3n) is 5.55. The van der Waals surface area contributed by atoms with Crippen molar-refractivity contribution in [2.75, 3.05) is 5.32 Å². The van der Waals surface area contributed by atoms with Crippen LogP contribution in [0.5, 0.6) is 0 Å². The highest BCUT2D eigenvalue weighted by Gasteiger charge is 2.39. The van der Waals surface area contributed by atoms with E-state index in [1.165, 1.54) is 15.8 Å².